The average Bonchev–Trinajstić information content (AvgIpc) is 2.86. The van der Waals surface area contributed by atoms with Crippen LogP contribution in [0.5, 0.6) is 5.75 Å². The molecular formula is C18H12O2. The second-order valence-electron chi connectivity index (χ2n) is 4.86. The molecule has 0 amide bonds. The van der Waals surface area contributed by atoms with Crippen LogP contribution in [0.15, 0.2) is 71.1 Å². The number of hydrogen-bond donors (Lipinski definition) is 1. The van der Waals surface area contributed by atoms with Gasteiger partial charge in [0.05, 0.1) is 0 Å². The van der Waals surface area contributed by atoms with Gasteiger partial charge in [0.15, 0.2) is 0 Å². The van der Waals surface area contributed by atoms with Crippen LogP contribution in [-0.2, 0) is 0 Å². The van der Waals surface area contributed by atoms with Crippen molar-refractivity contribution >= 4 is 21.9 Å². The second kappa shape index (κ2) is 4.14. The first kappa shape index (κ1) is 11.1. The van der Waals surface area contributed by atoms with Gasteiger partial charge in [-0.05, 0) is 41.5 Å². The summed E-state index contributed by atoms with van der Waals surface area (Å²) < 4.78 is 5.82. The molecule has 0 fully saturated rings. The fourth-order valence-corrected chi connectivity index (χ4v) is 2.56. The molecule has 4 rings (SSSR count). The number of fused-ring (bicyclic) bond motifs is 3. The van der Waals surface area contributed by atoms with Crippen LogP contribution in [0.1, 0.15) is 0 Å². The van der Waals surface area contributed by atoms with Crippen molar-refractivity contribution in [3.05, 3.63) is 66.7 Å². The maximum atomic E-state index is 9.37. The third kappa shape index (κ3) is 1.66. The summed E-state index contributed by atoms with van der Waals surface area (Å²) in [5.74, 6) is 0.281. The van der Waals surface area contributed by atoms with Crippen molar-refractivity contribution in [2.75, 3.05) is 0 Å². The molecule has 0 atom stereocenters. The van der Waals surface area contributed by atoms with Gasteiger partial charge in [-0.3, -0.25) is 0 Å². The molecule has 0 bridgehead atoms. The number of para-hydroxylation sites is 1. The highest BCUT2D eigenvalue weighted by atomic mass is 16.3. The highest BCUT2D eigenvalue weighted by Gasteiger charge is 2.07. The minimum absolute atomic E-state index is 0.281. The van der Waals surface area contributed by atoms with Gasteiger partial charge in [-0.2, -0.15) is 0 Å². The maximum absolute atomic E-state index is 9.37. The van der Waals surface area contributed by atoms with E-state index in [0.29, 0.717) is 0 Å². The standard InChI is InChI=1S/C18H12O2/c19-14-8-5-12(6-9-14)13-7-10-18-16(11-13)15-3-1-2-4-17(15)20-18/h1-11,19H. The zero-order chi connectivity index (χ0) is 13.5. The molecule has 1 aromatic heterocycles. The summed E-state index contributed by atoms with van der Waals surface area (Å²) in [7, 11) is 0. The number of hydrogen-bond acceptors (Lipinski definition) is 2. The highest BCUT2D eigenvalue weighted by molar-refractivity contribution is 6.06. The van der Waals surface area contributed by atoms with E-state index >= 15 is 0 Å². The minimum atomic E-state index is 0.281. The van der Waals surface area contributed by atoms with Crippen molar-refractivity contribution in [1.29, 1.82) is 0 Å². The Kier molecular flexibility index (Phi) is 2.30. The van der Waals surface area contributed by atoms with Gasteiger partial charge in [0.25, 0.3) is 0 Å². The van der Waals surface area contributed by atoms with Crippen LogP contribution in [0.2, 0.25) is 0 Å². The van der Waals surface area contributed by atoms with E-state index in [9.17, 15) is 5.11 Å². The Balaban J connectivity index is 1.97. The zero-order valence-corrected chi connectivity index (χ0v) is 10.7. The lowest BCUT2D eigenvalue weighted by atomic mass is 10.0. The number of furan rings is 1. The van der Waals surface area contributed by atoms with Crippen molar-refractivity contribution in [1.82, 2.24) is 0 Å². The Morgan fingerprint density at radius 2 is 1.35 bits per heavy atom. The van der Waals surface area contributed by atoms with Crippen molar-refractivity contribution in [2.24, 2.45) is 0 Å². The molecule has 0 aliphatic rings. The molecule has 3 aromatic carbocycles. The number of phenols is 1. The molecular weight excluding hydrogens is 248 g/mol. The van der Waals surface area contributed by atoms with Gasteiger partial charge in [0.1, 0.15) is 16.9 Å². The molecule has 4 aromatic rings. The molecule has 0 unspecified atom stereocenters. The van der Waals surface area contributed by atoms with E-state index in [2.05, 4.69) is 12.1 Å². The van der Waals surface area contributed by atoms with Crippen LogP contribution < -0.4 is 0 Å². The van der Waals surface area contributed by atoms with E-state index in [-0.39, 0.29) is 5.75 Å². The summed E-state index contributed by atoms with van der Waals surface area (Å²) >= 11 is 0. The normalized spacial score (nSPS) is 11.2. The Bertz CT molecular complexity index is 902. The predicted octanol–water partition coefficient (Wildman–Crippen LogP) is 4.96. The number of benzene rings is 3. The van der Waals surface area contributed by atoms with Crippen molar-refractivity contribution in [2.45, 2.75) is 0 Å². The van der Waals surface area contributed by atoms with Gasteiger partial charge >= 0.3 is 0 Å². The number of phenolic OH excluding ortho intramolecular Hbond substituents is 1. The Hall–Kier alpha value is -2.74. The first-order valence-electron chi connectivity index (χ1n) is 6.52. The molecule has 0 saturated carbocycles. The Morgan fingerprint density at radius 1 is 0.650 bits per heavy atom. The van der Waals surface area contributed by atoms with Crippen LogP contribution in [0, 0.1) is 0 Å². The molecule has 0 aliphatic carbocycles. The summed E-state index contributed by atoms with van der Waals surface area (Å²) in [4.78, 5) is 0. The van der Waals surface area contributed by atoms with Gasteiger partial charge in [0, 0.05) is 10.8 Å². The highest BCUT2D eigenvalue weighted by Crippen LogP contribution is 2.32. The lowest BCUT2D eigenvalue weighted by Gasteiger charge is -2.02. The number of rotatable bonds is 1. The molecule has 96 valence electrons. The lowest BCUT2D eigenvalue weighted by molar-refractivity contribution is 0.475. The van der Waals surface area contributed by atoms with Crippen LogP contribution >= 0.6 is 0 Å². The van der Waals surface area contributed by atoms with E-state index < -0.39 is 0 Å². The maximum Gasteiger partial charge on any atom is 0.135 e. The third-order valence-corrected chi connectivity index (χ3v) is 3.58. The molecule has 2 heteroatoms. The quantitative estimate of drug-likeness (QED) is 0.525. The van der Waals surface area contributed by atoms with Gasteiger partial charge < -0.3 is 9.52 Å². The Morgan fingerprint density at radius 3 is 2.20 bits per heavy atom. The molecule has 0 spiro atoms. The van der Waals surface area contributed by atoms with Gasteiger partial charge in [-0.1, -0.05) is 36.4 Å². The largest absolute Gasteiger partial charge is 0.508 e. The van der Waals surface area contributed by atoms with Crippen LogP contribution in [0.25, 0.3) is 33.1 Å². The van der Waals surface area contributed by atoms with E-state index in [1.165, 1.54) is 0 Å². The topological polar surface area (TPSA) is 33.4 Å². The van der Waals surface area contributed by atoms with E-state index in [0.717, 1.165) is 33.1 Å². The van der Waals surface area contributed by atoms with Crippen molar-refractivity contribution in [3.63, 3.8) is 0 Å². The zero-order valence-electron chi connectivity index (χ0n) is 10.7. The molecule has 1 N–H and O–H groups in total. The van der Waals surface area contributed by atoms with Crippen molar-refractivity contribution in [3.8, 4) is 16.9 Å². The fourth-order valence-electron chi connectivity index (χ4n) is 2.56. The number of aromatic hydroxyl groups is 1. The Labute approximate surface area is 115 Å². The lowest BCUT2D eigenvalue weighted by Crippen LogP contribution is -1.77. The summed E-state index contributed by atoms with van der Waals surface area (Å²) in [6.07, 6.45) is 0. The summed E-state index contributed by atoms with van der Waals surface area (Å²) in [6, 6.07) is 21.5. The average molecular weight is 260 g/mol. The predicted molar refractivity (Wildman–Crippen MR) is 80.8 cm³/mol. The van der Waals surface area contributed by atoms with Crippen LogP contribution in [-0.4, -0.2) is 5.11 Å². The smallest absolute Gasteiger partial charge is 0.135 e. The summed E-state index contributed by atoms with van der Waals surface area (Å²) in [5.41, 5.74) is 4.00. The summed E-state index contributed by atoms with van der Waals surface area (Å²) in [6.45, 7) is 0. The molecule has 0 aliphatic heterocycles. The van der Waals surface area contributed by atoms with Crippen LogP contribution in [0.3, 0.4) is 0 Å². The molecule has 20 heavy (non-hydrogen) atoms. The first-order chi connectivity index (χ1) is 9.81. The van der Waals surface area contributed by atoms with E-state index in [1.54, 1.807) is 12.1 Å². The monoisotopic (exact) mass is 260 g/mol. The van der Waals surface area contributed by atoms with Gasteiger partial charge in [-0.15, -0.1) is 0 Å². The molecule has 0 saturated heterocycles. The van der Waals surface area contributed by atoms with E-state index in [4.69, 9.17) is 4.42 Å². The van der Waals surface area contributed by atoms with Gasteiger partial charge in [-0.25, -0.2) is 0 Å². The van der Waals surface area contributed by atoms with E-state index in [1.807, 2.05) is 42.5 Å². The van der Waals surface area contributed by atoms with Gasteiger partial charge in [0.2, 0.25) is 0 Å². The molecule has 0 radical (unpaired) electrons. The molecule has 1 heterocycles. The van der Waals surface area contributed by atoms with Crippen molar-refractivity contribution < 1.29 is 9.52 Å². The third-order valence-electron chi connectivity index (χ3n) is 3.58. The molecule has 2 nitrogen and oxygen atoms in total. The summed E-state index contributed by atoms with van der Waals surface area (Å²) in [5, 5.41) is 11.6. The second-order valence-corrected chi connectivity index (χ2v) is 4.86. The fraction of sp³-hybridized carbons (Fsp3) is 0. The first-order valence-corrected chi connectivity index (χ1v) is 6.52. The minimum Gasteiger partial charge on any atom is -0.508 e. The SMILES string of the molecule is Oc1ccc(-c2ccc3oc4ccccc4c3c2)cc1. The van der Waals surface area contributed by atoms with Crippen LogP contribution in [0.4, 0.5) is 0 Å².